The van der Waals surface area contributed by atoms with Crippen molar-refractivity contribution in [2.45, 2.75) is 19.5 Å². The van der Waals surface area contributed by atoms with Crippen LogP contribution in [0.25, 0.3) is 0 Å². The number of guanidine groups is 1. The molecule has 1 saturated heterocycles. The molecule has 1 unspecified atom stereocenters. The lowest BCUT2D eigenvalue weighted by atomic mass is 10.2. The Morgan fingerprint density at radius 3 is 2.77 bits per heavy atom. The smallest absolute Gasteiger partial charge is 0.191 e. The molecule has 0 radical (unpaired) electrons. The summed E-state index contributed by atoms with van der Waals surface area (Å²) in [6.45, 7) is 6.80. The summed E-state index contributed by atoms with van der Waals surface area (Å²) in [4.78, 5) is 8.17. The lowest BCUT2D eigenvalue weighted by Gasteiger charge is -2.34. The predicted octanol–water partition coefficient (Wildman–Crippen LogP) is 0.924. The van der Waals surface area contributed by atoms with Crippen LogP contribution < -0.4 is 10.6 Å². The largest absolute Gasteiger partial charge is 0.379 e. The van der Waals surface area contributed by atoms with E-state index in [4.69, 9.17) is 4.74 Å². The highest BCUT2D eigenvalue weighted by Crippen LogP contribution is 2.25. The summed E-state index contributed by atoms with van der Waals surface area (Å²) in [5, 5.41) is 17.2. The molecule has 142 valence electrons. The number of morpholine rings is 1. The third kappa shape index (κ3) is 4.60. The number of hydrogen-bond acceptors (Lipinski definition) is 6. The van der Waals surface area contributed by atoms with Crippen LogP contribution in [0.5, 0.6) is 0 Å². The van der Waals surface area contributed by atoms with Crippen molar-refractivity contribution in [2.75, 3.05) is 39.9 Å². The first-order valence-corrected chi connectivity index (χ1v) is 9.71. The van der Waals surface area contributed by atoms with Gasteiger partial charge in [-0.05, 0) is 18.4 Å². The van der Waals surface area contributed by atoms with Gasteiger partial charge in [-0.3, -0.25) is 9.89 Å². The molecule has 2 N–H and O–H groups in total. The third-order valence-electron chi connectivity index (χ3n) is 4.64. The van der Waals surface area contributed by atoms with Gasteiger partial charge in [0, 0.05) is 38.6 Å². The number of rotatable bonds is 6. The quantitative estimate of drug-likeness (QED) is 0.576. The first-order chi connectivity index (χ1) is 12.7. The molecule has 1 aliphatic heterocycles. The van der Waals surface area contributed by atoms with Crippen molar-refractivity contribution >= 4 is 17.3 Å². The van der Waals surface area contributed by atoms with E-state index in [1.54, 1.807) is 18.4 Å². The van der Waals surface area contributed by atoms with E-state index in [1.165, 1.54) is 4.88 Å². The molecular formula is C17H27N7OS. The molecular weight excluding hydrogens is 350 g/mol. The highest BCUT2D eigenvalue weighted by molar-refractivity contribution is 7.10. The molecule has 2 aromatic heterocycles. The van der Waals surface area contributed by atoms with Gasteiger partial charge < -0.3 is 19.9 Å². The lowest BCUT2D eigenvalue weighted by molar-refractivity contribution is 0.0177. The van der Waals surface area contributed by atoms with Crippen LogP contribution in [0.15, 0.2) is 22.5 Å². The normalized spacial score (nSPS) is 17.3. The fourth-order valence-corrected chi connectivity index (χ4v) is 3.82. The summed E-state index contributed by atoms with van der Waals surface area (Å²) in [6.07, 6.45) is 0. The van der Waals surface area contributed by atoms with Crippen LogP contribution >= 0.6 is 11.3 Å². The van der Waals surface area contributed by atoms with Crippen LogP contribution in [0.2, 0.25) is 0 Å². The van der Waals surface area contributed by atoms with E-state index < -0.39 is 0 Å². The van der Waals surface area contributed by atoms with Crippen LogP contribution in [0.4, 0.5) is 0 Å². The number of nitrogens with zero attached hydrogens (tertiary/aromatic N) is 5. The Morgan fingerprint density at radius 2 is 2.15 bits per heavy atom. The predicted molar refractivity (Wildman–Crippen MR) is 103 cm³/mol. The summed E-state index contributed by atoms with van der Waals surface area (Å²) in [5.41, 5.74) is 0. The van der Waals surface area contributed by atoms with Gasteiger partial charge >= 0.3 is 0 Å². The second kappa shape index (κ2) is 9.11. The van der Waals surface area contributed by atoms with Gasteiger partial charge in [0.15, 0.2) is 11.8 Å². The van der Waals surface area contributed by atoms with Crippen LogP contribution in [0.1, 0.15) is 22.6 Å². The second-order valence-electron chi connectivity index (χ2n) is 6.21. The molecule has 0 saturated carbocycles. The first-order valence-electron chi connectivity index (χ1n) is 8.83. The monoisotopic (exact) mass is 377 g/mol. The van der Waals surface area contributed by atoms with Crippen molar-refractivity contribution in [2.24, 2.45) is 12.0 Å². The Balaban J connectivity index is 1.58. The minimum Gasteiger partial charge on any atom is -0.379 e. The van der Waals surface area contributed by atoms with E-state index in [-0.39, 0.29) is 0 Å². The molecule has 3 heterocycles. The molecule has 3 rings (SSSR count). The van der Waals surface area contributed by atoms with E-state index >= 15 is 0 Å². The van der Waals surface area contributed by atoms with Crippen molar-refractivity contribution in [1.82, 2.24) is 30.3 Å². The topological polar surface area (TPSA) is 79.6 Å². The van der Waals surface area contributed by atoms with Crippen LogP contribution in [0.3, 0.4) is 0 Å². The van der Waals surface area contributed by atoms with E-state index in [0.717, 1.165) is 50.5 Å². The van der Waals surface area contributed by atoms with Crippen LogP contribution in [-0.4, -0.2) is 65.5 Å². The standard InChI is InChI=1S/C17H27N7OS/c1-13-21-22-16(23(13)3)12-20-17(18-2)19-11-14(15-5-4-10-26-15)24-6-8-25-9-7-24/h4-5,10,14H,6-9,11-12H2,1-3H3,(H2,18,19,20). The molecule has 0 aliphatic carbocycles. The van der Waals surface area contributed by atoms with Crippen molar-refractivity contribution in [1.29, 1.82) is 0 Å². The fraction of sp³-hybridized carbons (Fsp3) is 0.588. The SMILES string of the molecule is CN=C(NCc1nnc(C)n1C)NCC(c1cccs1)N1CCOCC1. The maximum absolute atomic E-state index is 5.50. The average molecular weight is 378 g/mol. The molecule has 0 amide bonds. The van der Waals surface area contributed by atoms with Crippen molar-refractivity contribution in [3.05, 3.63) is 34.0 Å². The van der Waals surface area contributed by atoms with Crippen molar-refractivity contribution < 1.29 is 4.74 Å². The molecule has 1 fully saturated rings. The summed E-state index contributed by atoms with van der Waals surface area (Å²) < 4.78 is 7.48. The zero-order valence-electron chi connectivity index (χ0n) is 15.6. The number of ether oxygens (including phenoxy) is 1. The summed E-state index contributed by atoms with van der Waals surface area (Å²) in [7, 11) is 3.75. The number of nitrogens with one attached hydrogen (secondary N) is 2. The Labute approximate surface area is 158 Å². The maximum Gasteiger partial charge on any atom is 0.191 e. The fourth-order valence-electron chi connectivity index (χ4n) is 2.96. The molecule has 9 heteroatoms. The molecule has 1 atom stereocenters. The first kappa shape index (κ1) is 18.8. The van der Waals surface area contributed by atoms with Gasteiger partial charge in [0.25, 0.3) is 0 Å². The van der Waals surface area contributed by atoms with E-state index in [1.807, 2.05) is 18.5 Å². The summed E-state index contributed by atoms with van der Waals surface area (Å²) in [6, 6.07) is 4.62. The van der Waals surface area contributed by atoms with E-state index in [0.29, 0.717) is 12.6 Å². The maximum atomic E-state index is 5.50. The molecule has 8 nitrogen and oxygen atoms in total. The molecule has 0 bridgehead atoms. The molecule has 26 heavy (non-hydrogen) atoms. The zero-order valence-corrected chi connectivity index (χ0v) is 16.4. The van der Waals surface area contributed by atoms with E-state index in [2.05, 4.69) is 48.2 Å². The molecule has 2 aromatic rings. The van der Waals surface area contributed by atoms with Gasteiger partial charge in [-0.25, -0.2) is 0 Å². The molecule has 0 aromatic carbocycles. The number of aromatic nitrogens is 3. The summed E-state index contributed by atoms with van der Waals surface area (Å²) >= 11 is 1.79. The van der Waals surface area contributed by atoms with Gasteiger partial charge in [-0.2, -0.15) is 0 Å². The average Bonchev–Trinajstić information content (AvgIpc) is 3.31. The minimum absolute atomic E-state index is 0.314. The Kier molecular flexibility index (Phi) is 6.59. The molecule has 1 aliphatic rings. The third-order valence-corrected chi connectivity index (χ3v) is 5.61. The second-order valence-corrected chi connectivity index (χ2v) is 7.19. The lowest BCUT2D eigenvalue weighted by Crippen LogP contribution is -2.46. The Bertz CT molecular complexity index is 707. The number of thiophene rings is 1. The highest BCUT2D eigenvalue weighted by atomic mass is 32.1. The highest BCUT2D eigenvalue weighted by Gasteiger charge is 2.23. The number of aliphatic imine (C=N–C) groups is 1. The summed E-state index contributed by atoms with van der Waals surface area (Å²) in [5.74, 6) is 2.55. The minimum atomic E-state index is 0.314. The Morgan fingerprint density at radius 1 is 1.35 bits per heavy atom. The van der Waals surface area contributed by atoms with Gasteiger partial charge in [0.2, 0.25) is 0 Å². The van der Waals surface area contributed by atoms with Gasteiger partial charge in [-0.1, -0.05) is 6.07 Å². The Hall–Kier alpha value is -1.97. The van der Waals surface area contributed by atoms with E-state index in [9.17, 15) is 0 Å². The van der Waals surface area contributed by atoms with Crippen LogP contribution in [-0.2, 0) is 18.3 Å². The number of aryl methyl sites for hydroxylation is 1. The number of hydrogen-bond donors (Lipinski definition) is 2. The van der Waals surface area contributed by atoms with Crippen LogP contribution in [0, 0.1) is 6.92 Å². The van der Waals surface area contributed by atoms with Gasteiger partial charge in [-0.15, -0.1) is 21.5 Å². The van der Waals surface area contributed by atoms with Gasteiger partial charge in [0.1, 0.15) is 5.82 Å². The van der Waals surface area contributed by atoms with Crippen molar-refractivity contribution in [3.63, 3.8) is 0 Å². The van der Waals surface area contributed by atoms with Gasteiger partial charge in [0.05, 0.1) is 25.8 Å². The van der Waals surface area contributed by atoms with Crippen molar-refractivity contribution in [3.8, 4) is 0 Å². The zero-order chi connectivity index (χ0) is 18.4. The molecule has 0 spiro atoms.